The Labute approximate surface area is 132 Å². The maximum Gasteiger partial charge on any atom is 0.335 e. The molecule has 0 spiro atoms. The summed E-state index contributed by atoms with van der Waals surface area (Å²) in [5, 5.41) is 8.97. The summed E-state index contributed by atoms with van der Waals surface area (Å²) in [6, 6.07) is 4.13. The molecule has 22 heavy (non-hydrogen) atoms. The number of sulfonamides is 1. The number of hydrogen-bond acceptors (Lipinski definition) is 3. The van der Waals surface area contributed by atoms with Crippen molar-refractivity contribution in [2.45, 2.75) is 57.3 Å². The molecule has 1 aromatic carbocycles. The molecule has 0 amide bonds. The van der Waals surface area contributed by atoms with Crippen LogP contribution in [0.25, 0.3) is 0 Å². The van der Waals surface area contributed by atoms with Crippen LogP contribution >= 0.6 is 0 Å². The van der Waals surface area contributed by atoms with Gasteiger partial charge in [0, 0.05) is 6.54 Å². The number of rotatable bonds is 10. The first-order valence-corrected chi connectivity index (χ1v) is 9.20. The lowest BCUT2D eigenvalue weighted by atomic mass is 10.1. The van der Waals surface area contributed by atoms with Crippen LogP contribution < -0.4 is 4.72 Å². The zero-order chi connectivity index (χ0) is 16.6. The van der Waals surface area contributed by atoms with E-state index in [9.17, 15) is 13.2 Å². The molecule has 0 aliphatic rings. The van der Waals surface area contributed by atoms with Crippen molar-refractivity contribution in [3.05, 3.63) is 29.3 Å². The Morgan fingerprint density at radius 2 is 1.77 bits per heavy atom. The molecule has 0 bridgehead atoms. The molecule has 124 valence electrons. The van der Waals surface area contributed by atoms with Gasteiger partial charge in [-0.2, -0.15) is 0 Å². The molecule has 6 heteroatoms. The van der Waals surface area contributed by atoms with E-state index >= 15 is 0 Å². The predicted molar refractivity (Wildman–Crippen MR) is 86.7 cm³/mol. The number of carboxylic acid groups (broad SMARTS) is 1. The smallest absolute Gasteiger partial charge is 0.335 e. The van der Waals surface area contributed by atoms with Gasteiger partial charge in [0.15, 0.2) is 0 Å². The topological polar surface area (TPSA) is 83.5 Å². The molecule has 1 aromatic rings. The second-order valence-electron chi connectivity index (χ2n) is 5.45. The molecule has 0 fully saturated rings. The van der Waals surface area contributed by atoms with Crippen molar-refractivity contribution < 1.29 is 18.3 Å². The van der Waals surface area contributed by atoms with Gasteiger partial charge in [0.25, 0.3) is 0 Å². The second kappa shape index (κ2) is 8.90. The van der Waals surface area contributed by atoms with E-state index in [1.807, 2.05) is 0 Å². The standard InChI is InChI=1S/C16H25NO4S/c1-3-4-5-6-7-8-11-17-22(20,21)15-12-14(16(18)19)10-9-13(15)2/h9-10,12,17H,3-8,11H2,1-2H3,(H,18,19). The summed E-state index contributed by atoms with van der Waals surface area (Å²) in [5.74, 6) is -1.13. The van der Waals surface area contributed by atoms with Crippen LogP contribution in [0.1, 0.15) is 61.4 Å². The van der Waals surface area contributed by atoms with Gasteiger partial charge in [-0.15, -0.1) is 0 Å². The molecule has 0 saturated heterocycles. The molecule has 0 radical (unpaired) electrons. The minimum atomic E-state index is -3.66. The number of nitrogens with one attached hydrogen (secondary N) is 1. The number of aromatic carboxylic acids is 1. The molecule has 5 nitrogen and oxygen atoms in total. The Bertz CT molecular complexity index is 596. The maximum atomic E-state index is 12.3. The molecule has 0 saturated carbocycles. The van der Waals surface area contributed by atoms with E-state index in [-0.39, 0.29) is 10.5 Å². The second-order valence-corrected chi connectivity index (χ2v) is 7.19. The Morgan fingerprint density at radius 1 is 1.14 bits per heavy atom. The Hall–Kier alpha value is -1.40. The molecule has 2 N–H and O–H groups in total. The van der Waals surface area contributed by atoms with Crippen LogP contribution in [0, 0.1) is 6.92 Å². The number of benzene rings is 1. The van der Waals surface area contributed by atoms with Gasteiger partial charge >= 0.3 is 5.97 Å². The zero-order valence-corrected chi connectivity index (χ0v) is 14.1. The molecule has 0 heterocycles. The van der Waals surface area contributed by atoms with Crippen LogP contribution in [0.4, 0.5) is 0 Å². The first-order valence-electron chi connectivity index (χ1n) is 7.72. The van der Waals surface area contributed by atoms with E-state index < -0.39 is 16.0 Å². The molecule has 0 aromatic heterocycles. The molecular weight excluding hydrogens is 302 g/mol. The third-order valence-corrected chi connectivity index (χ3v) is 5.15. The van der Waals surface area contributed by atoms with E-state index in [2.05, 4.69) is 11.6 Å². The maximum absolute atomic E-state index is 12.3. The van der Waals surface area contributed by atoms with Crippen molar-refractivity contribution in [3.8, 4) is 0 Å². The predicted octanol–water partition coefficient (Wildman–Crippen LogP) is 3.33. The summed E-state index contributed by atoms with van der Waals surface area (Å²) in [5.41, 5.74) is 0.519. The Balaban J connectivity index is 2.59. The van der Waals surface area contributed by atoms with Gasteiger partial charge in [0.1, 0.15) is 0 Å². The van der Waals surface area contributed by atoms with Gasteiger partial charge in [-0.25, -0.2) is 17.9 Å². The minimum absolute atomic E-state index is 0.0226. The summed E-state index contributed by atoms with van der Waals surface area (Å²) in [4.78, 5) is 11.0. The van der Waals surface area contributed by atoms with Crippen molar-refractivity contribution in [1.82, 2.24) is 4.72 Å². The van der Waals surface area contributed by atoms with Crippen molar-refractivity contribution in [3.63, 3.8) is 0 Å². The summed E-state index contributed by atoms with van der Waals surface area (Å²) in [7, 11) is -3.66. The zero-order valence-electron chi connectivity index (χ0n) is 13.3. The monoisotopic (exact) mass is 327 g/mol. The first kappa shape index (κ1) is 18.6. The highest BCUT2D eigenvalue weighted by atomic mass is 32.2. The van der Waals surface area contributed by atoms with Gasteiger partial charge in [-0.1, -0.05) is 45.1 Å². The van der Waals surface area contributed by atoms with Crippen LogP contribution in [-0.2, 0) is 10.0 Å². The molecular formula is C16H25NO4S. The van der Waals surface area contributed by atoms with E-state index in [0.717, 1.165) is 19.3 Å². The molecule has 1 rings (SSSR count). The molecule has 0 aliphatic heterocycles. The van der Waals surface area contributed by atoms with Crippen molar-refractivity contribution >= 4 is 16.0 Å². The molecule has 0 unspecified atom stereocenters. The third kappa shape index (κ3) is 5.77. The molecule has 0 aliphatic carbocycles. The van der Waals surface area contributed by atoms with Gasteiger partial charge in [-0.3, -0.25) is 0 Å². The SMILES string of the molecule is CCCCCCCCNS(=O)(=O)c1cc(C(=O)O)ccc1C. The highest BCUT2D eigenvalue weighted by Gasteiger charge is 2.18. The highest BCUT2D eigenvalue weighted by molar-refractivity contribution is 7.89. The number of carboxylic acids is 1. The fourth-order valence-electron chi connectivity index (χ4n) is 2.21. The lowest BCUT2D eigenvalue weighted by molar-refractivity contribution is 0.0696. The largest absolute Gasteiger partial charge is 0.478 e. The summed E-state index contributed by atoms with van der Waals surface area (Å²) >= 11 is 0. The minimum Gasteiger partial charge on any atom is -0.478 e. The Morgan fingerprint density at radius 3 is 2.41 bits per heavy atom. The highest BCUT2D eigenvalue weighted by Crippen LogP contribution is 2.17. The number of unbranched alkanes of at least 4 members (excludes halogenated alkanes) is 5. The average molecular weight is 327 g/mol. The van der Waals surface area contributed by atoms with Crippen LogP contribution in [0.5, 0.6) is 0 Å². The fourth-order valence-corrected chi connectivity index (χ4v) is 3.55. The van der Waals surface area contributed by atoms with Gasteiger partial charge in [0.05, 0.1) is 10.5 Å². The number of aryl methyl sites for hydroxylation is 1. The van der Waals surface area contributed by atoms with Gasteiger partial charge < -0.3 is 5.11 Å². The van der Waals surface area contributed by atoms with Crippen molar-refractivity contribution in [2.75, 3.05) is 6.54 Å². The van der Waals surface area contributed by atoms with Gasteiger partial charge in [-0.05, 0) is 31.0 Å². The van der Waals surface area contributed by atoms with Crippen molar-refractivity contribution in [1.29, 1.82) is 0 Å². The summed E-state index contributed by atoms with van der Waals surface area (Å²) < 4.78 is 27.1. The fraction of sp³-hybridized carbons (Fsp3) is 0.562. The Kier molecular flexibility index (Phi) is 7.55. The number of carbonyl (C=O) groups is 1. The van der Waals surface area contributed by atoms with E-state index in [1.54, 1.807) is 6.92 Å². The average Bonchev–Trinajstić information content (AvgIpc) is 2.46. The lowest BCUT2D eigenvalue weighted by Gasteiger charge is -2.10. The van der Waals surface area contributed by atoms with Crippen molar-refractivity contribution in [2.24, 2.45) is 0 Å². The first-order chi connectivity index (χ1) is 10.4. The van der Waals surface area contributed by atoms with E-state index in [1.165, 1.54) is 37.5 Å². The molecule has 0 atom stereocenters. The summed E-state index contributed by atoms with van der Waals surface area (Å²) in [6.45, 7) is 4.19. The van der Waals surface area contributed by atoms with E-state index in [0.29, 0.717) is 12.1 Å². The number of hydrogen-bond donors (Lipinski definition) is 2. The van der Waals surface area contributed by atoms with Crippen LogP contribution in [-0.4, -0.2) is 26.0 Å². The normalized spacial score (nSPS) is 11.5. The van der Waals surface area contributed by atoms with Crippen LogP contribution in [0.15, 0.2) is 23.1 Å². The van der Waals surface area contributed by atoms with Gasteiger partial charge in [0.2, 0.25) is 10.0 Å². The quantitative estimate of drug-likeness (QED) is 0.646. The van der Waals surface area contributed by atoms with Crippen LogP contribution in [0.2, 0.25) is 0 Å². The van der Waals surface area contributed by atoms with Crippen LogP contribution in [0.3, 0.4) is 0 Å². The van der Waals surface area contributed by atoms with E-state index in [4.69, 9.17) is 5.11 Å². The third-order valence-electron chi connectivity index (χ3n) is 3.55. The lowest BCUT2D eigenvalue weighted by Crippen LogP contribution is -2.25. The summed E-state index contributed by atoms with van der Waals surface area (Å²) in [6.07, 6.45) is 6.49.